The molecule has 0 bridgehead atoms. The highest BCUT2D eigenvalue weighted by atomic mass is 32.1. The molecule has 0 N–H and O–H groups in total. The smallest absolute Gasteiger partial charge is 0.164 e. The van der Waals surface area contributed by atoms with E-state index in [2.05, 4.69) is 78.9 Å². The van der Waals surface area contributed by atoms with Crippen LogP contribution in [0, 0.1) is 0 Å². The van der Waals surface area contributed by atoms with Gasteiger partial charge in [0.15, 0.2) is 17.5 Å². The Morgan fingerprint density at radius 1 is 0.419 bits per heavy atom. The van der Waals surface area contributed by atoms with Crippen LogP contribution in [0.3, 0.4) is 0 Å². The molecule has 3 aromatic heterocycles. The molecular formula is C38H24N4S. The fourth-order valence-corrected chi connectivity index (χ4v) is 6.65. The van der Waals surface area contributed by atoms with Gasteiger partial charge in [0.25, 0.3) is 0 Å². The third kappa shape index (κ3) is 4.76. The number of hydrogen-bond acceptors (Lipinski definition) is 5. The molecule has 0 spiro atoms. The maximum absolute atomic E-state index is 4.91. The molecule has 0 fully saturated rings. The number of rotatable bonds is 5. The summed E-state index contributed by atoms with van der Waals surface area (Å²) >= 11 is 1.80. The van der Waals surface area contributed by atoms with Gasteiger partial charge in [0.2, 0.25) is 0 Å². The first-order chi connectivity index (χ1) is 21.3. The van der Waals surface area contributed by atoms with Crippen molar-refractivity contribution in [1.29, 1.82) is 0 Å². The van der Waals surface area contributed by atoms with E-state index in [4.69, 9.17) is 19.9 Å². The number of thiophene rings is 1. The number of nitrogens with zero attached hydrogens (tertiary/aromatic N) is 4. The molecule has 0 aliphatic carbocycles. The zero-order chi connectivity index (χ0) is 28.6. The number of hydrogen-bond donors (Lipinski definition) is 0. The summed E-state index contributed by atoms with van der Waals surface area (Å²) in [5.41, 5.74) is 8.55. The van der Waals surface area contributed by atoms with Crippen LogP contribution < -0.4 is 0 Å². The number of benzene rings is 5. The topological polar surface area (TPSA) is 51.6 Å². The molecular weight excluding hydrogens is 545 g/mol. The van der Waals surface area contributed by atoms with Crippen molar-refractivity contribution >= 4 is 31.6 Å². The molecule has 43 heavy (non-hydrogen) atoms. The third-order valence-corrected chi connectivity index (χ3v) is 8.80. The molecule has 0 saturated heterocycles. The molecule has 8 rings (SSSR count). The van der Waals surface area contributed by atoms with E-state index in [1.807, 2.05) is 66.9 Å². The molecule has 0 radical (unpaired) electrons. The van der Waals surface area contributed by atoms with E-state index in [-0.39, 0.29) is 0 Å². The van der Waals surface area contributed by atoms with Crippen molar-refractivity contribution in [3.63, 3.8) is 0 Å². The van der Waals surface area contributed by atoms with Gasteiger partial charge in [-0.1, -0.05) is 121 Å². The van der Waals surface area contributed by atoms with Gasteiger partial charge in [0, 0.05) is 38.5 Å². The van der Waals surface area contributed by atoms with E-state index < -0.39 is 0 Å². The van der Waals surface area contributed by atoms with Crippen molar-refractivity contribution in [2.45, 2.75) is 0 Å². The monoisotopic (exact) mass is 568 g/mol. The Morgan fingerprint density at radius 2 is 0.977 bits per heavy atom. The lowest BCUT2D eigenvalue weighted by atomic mass is 9.99. The van der Waals surface area contributed by atoms with Crippen LogP contribution in [0.25, 0.3) is 76.7 Å². The van der Waals surface area contributed by atoms with E-state index in [9.17, 15) is 0 Å². The minimum atomic E-state index is 0.648. The Morgan fingerprint density at radius 3 is 1.67 bits per heavy atom. The third-order valence-electron chi connectivity index (χ3n) is 7.61. The van der Waals surface area contributed by atoms with E-state index in [1.54, 1.807) is 11.3 Å². The molecule has 0 aliphatic rings. The second-order valence-electron chi connectivity index (χ2n) is 10.3. The van der Waals surface area contributed by atoms with Crippen molar-refractivity contribution in [2.24, 2.45) is 0 Å². The fraction of sp³-hybridized carbons (Fsp3) is 0. The van der Waals surface area contributed by atoms with Crippen LogP contribution in [0.4, 0.5) is 0 Å². The first-order valence-corrected chi connectivity index (χ1v) is 15.0. The summed E-state index contributed by atoms with van der Waals surface area (Å²) in [6, 6.07) is 47.9. The predicted octanol–water partition coefficient (Wildman–Crippen LogP) is 9.97. The molecule has 8 aromatic rings. The molecule has 5 aromatic carbocycles. The van der Waals surface area contributed by atoms with Gasteiger partial charge in [-0.2, -0.15) is 0 Å². The summed E-state index contributed by atoms with van der Waals surface area (Å²) < 4.78 is 2.48. The van der Waals surface area contributed by atoms with Gasteiger partial charge in [0.05, 0.1) is 10.2 Å². The summed E-state index contributed by atoms with van der Waals surface area (Å²) in [6.45, 7) is 0. The highest BCUT2D eigenvalue weighted by molar-refractivity contribution is 7.26. The van der Waals surface area contributed by atoms with Crippen molar-refractivity contribution in [1.82, 2.24) is 19.9 Å². The molecule has 0 amide bonds. The number of fused-ring (bicyclic) bond motifs is 3. The standard InChI is InChI=1S/C38H24N4S/c1-3-10-27(11-4-1)36-40-37(28-12-5-2-6-13-28)42-38(41-36)30-15-9-14-29(24-30)25-18-20-26(21-19-25)31-22-23-39-34-32-16-7-8-17-33(32)43-35(31)34/h1-24H. The molecule has 202 valence electrons. The van der Waals surface area contributed by atoms with Crippen LogP contribution in [0.2, 0.25) is 0 Å². The normalized spacial score (nSPS) is 11.3. The highest BCUT2D eigenvalue weighted by Crippen LogP contribution is 2.39. The molecule has 4 nitrogen and oxygen atoms in total. The van der Waals surface area contributed by atoms with Crippen LogP contribution in [0.5, 0.6) is 0 Å². The van der Waals surface area contributed by atoms with Crippen molar-refractivity contribution in [3.8, 4) is 56.4 Å². The van der Waals surface area contributed by atoms with Crippen LogP contribution in [-0.4, -0.2) is 19.9 Å². The summed E-state index contributed by atoms with van der Waals surface area (Å²) in [5, 5.41) is 1.21. The Kier molecular flexibility index (Phi) is 6.28. The Labute approximate surface area is 253 Å². The number of pyridine rings is 1. The Hall–Kier alpha value is -5.52. The average Bonchev–Trinajstić information content (AvgIpc) is 3.48. The quantitative estimate of drug-likeness (QED) is 0.207. The zero-order valence-corrected chi connectivity index (χ0v) is 23.9. The van der Waals surface area contributed by atoms with Crippen LogP contribution in [0.1, 0.15) is 0 Å². The second kappa shape index (κ2) is 10.7. The molecule has 5 heteroatoms. The Bertz CT molecular complexity index is 2170. The van der Waals surface area contributed by atoms with Crippen molar-refractivity contribution in [2.75, 3.05) is 0 Å². The molecule has 0 saturated carbocycles. The van der Waals surface area contributed by atoms with E-state index in [0.29, 0.717) is 17.5 Å². The lowest BCUT2D eigenvalue weighted by molar-refractivity contribution is 1.07. The van der Waals surface area contributed by atoms with Crippen molar-refractivity contribution in [3.05, 3.63) is 146 Å². The molecule has 0 atom stereocenters. The molecule has 0 aliphatic heterocycles. The van der Waals surface area contributed by atoms with Gasteiger partial charge in [-0.05, 0) is 34.9 Å². The average molecular weight is 569 g/mol. The first-order valence-electron chi connectivity index (χ1n) is 14.1. The van der Waals surface area contributed by atoms with Crippen LogP contribution >= 0.6 is 11.3 Å². The predicted molar refractivity (Wildman–Crippen MR) is 178 cm³/mol. The lowest BCUT2D eigenvalue weighted by Crippen LogP contribution is -2.00. The summed E-state index contributed by atoms with van der Waals surface area (Å²) in [5.74, 6) is 1.96. The minimum Gasteiger partial charge on any atom is -0.255 e. The summed E-state index contributed by atoms with van der Waals surface area (Å²) in [6.07, 6.45) is 1.91. The van der Waals surface area contributed by atoms with E-state index in [1.165, 1.54) is 25.9 Å². The first kappa shape index (κ1) is 25.2. The number of aromatic nitrogens is 4. The van der Waals surface area contributed by atoms with E-state index in [0.717, 1.165) is 33.3 Å². The largest absolute Gasteiger partial charge is 0.255 e. The van der Waals surface area contributed by atoms with Gasteiger partial charge in [-0.15, -0.1) is 11.3 Å². The second-order valence-corrected chi connectivity index (χ2v) is 11.4. The highest BCUT2D eigenvalue weighted by Gasteiger charge is 2.14. The van der Waals surface area contributed by atoms with Gasteiger partial charge in [-0.25, -0.2) is 15.0 Å². The van der Waals surface area contributed by atoms with Gasteiger partial charge in [-0.3, -0.25) is 4.98 Å². The van der Waals surface area contributed by atoms with Crippen LogP contribution in [0.15, 0.2) is 146 Å². The van der Waals surface area contributed by atoms with Gasteiger partial charge < -0.3 is 0 Å². The van der Waals surface area contributed by atoms with E-state index >= 15 is 0 Å². The molecule has 0 unspecified atom stereocenters. The minimum absolute atomic E-state index is 0.648. The van der Waals surface area contributed by atoms with Crippen LogP contribution in [-0.2, 0) is 0 Å². The fourth-order valence-electron chi connectivity index (χ4n) is 5.45. The zero-order valence-electron chi connectivity index (χ0n) is 23.1. The maximum Gasteiger partial charge on any atom is 0.164 e. The Balaban J connectivity index is 1.18. The SMILES string of the molecule is c1ccc(-c2nc(-c3ccccc3)nc(-c3cccc(-c4ccc(-c5ccnc6c5sc5ccccc56)cc4)c3)n2)cc1. The van der Waals surface area contributed by atoms with Gasteiger partial charge >= 0.3 is 0 Å². The summed E-state index contributed by atoms with van der Waals surface area (Å²) in [7, 11) is 0. The van der Waals surface area contributed by atoms with Crippen molar-refractivity contribution < 1.29 is 0 Å². The van der Waals surface area contributed by atoms with Gasteiger partial charge in [0.1, 0.15) is 0 Å². The maximum atomic E-state index is 4.91. The molecule has 3 heterocycles. The summed E-state index contributed by atoms with van der Waals surface area (Å²) in [4.78, 5) is 19.3. The lowest BCUT2D eigenvalue weighted by Gasteiger charge is -2.10.